The molecule has 2 nitrogen and oxygen atoms in total. The molecule has 2 atom stereocenters. The molecule has 0 aromatic heterocycles. The van der Waals surface area contributed by atoms with Gasteiger partial charge < -0.3 is 10.2 Å². The van der Waals surface area contributed by atoms with Crippen LogP contribution in [0.2, 0.25) is 0 Å². The lowest BCUT2D eigenvalue weighted by molar-refractivity contribution is 0.383. The molecule has 4 heteroatoms. The molecule has 0 aliphatic carbocycles. The van der Waals surface area contributed by atoms with Gasteiger partial charge >= 0.3 is 0 Å². The highest BCUT2D eigenvalue weighted by Gasteiger charge is 2.27. The molecule has 1 aliphatic rings. The molecule has 0 spiro atoms. The third kappa shape index (κ3) is 2.86. The average molecular weight is 315 g/mol. The Morgan fingerprint density at radius 1 is 1.50 bits per heavy atom. The van der Waals surface area contributed by atoms with Crippen molar-refractivity contribution in [1.29, 1.82) is 0 Å². The first-order valence-corrected chi connectivity index (χ1v) is 7.36. The maximum absolute atomic E-state index is 14.0. The van der Waals surface area contributed by atoms with Crippen LogP contribution in [0, 0.1) is 5.82 Å². The zero-order valence-electron chi connectivity index (χ0n) is 10.9. The van der Waals surface area contributed by atoms with E-state index in [2.05, 4.69) is 40.0 Å². The van der Waals surface area contributed by atoms with Crippen molar-refractivity contribution >= 4 is 21.6 Å². The van der Waals surface area contributed by atoms with Crippen molar-refractivity contribution < 1.29 is 4.39 Å². The summed E-state index contributed by atoms with van der Waals surface area (Å²) in [6.07, 6.45) is 2.29. The van der Waals surface area contributed by atoms with Gasteiger partial charge in [0.15, 0.2) is 0 Å². The van der Waals surface area contributed by atoms with E-state index in [9.17, 15) is 4.39 Å². The quantitative estimate of drug-likeness (QED) is 0.917. The van der Waals surface area contributed by atoms with Crippen molar-refractivity contribution in [2.75, 3.05) is 18.0 Å². The number of benzene rings is 1. The topological polar surface area (TPSA) is 15.3 Å². The third-order valence-corrected chi connectivity index (χ3v) is 4.15. The Bertz CT molecular complexity index is 391. The molecule has 1 fully saturated rings. The van der Waals surface area contributed by atoms with Gasteiger partial charge in [-0.25, -0.2) is 4.39 Å². The number of piperazine rings is 1. The van der Waals surface area contributed by atoms with Crippen LogP contribution in [-0.2, 0) is 0 Å². The molecule has 1 aromatic carbocycles. The summed E-state index contributed by atoms with van der Waals surface area (Å²) in [7, 11) is 0. The molecule has 1 N–H and O–H groups in total. The zero-order chi connectivity index (χ0) is 13.1. The summed E-state index contributed by atoms with van der Waals surface area (Å²) in [5.74, 6) is -0.145. The van der Waals surface area contributed by atoms with Crippen LogP contribution in [0.15, 0.2) is 22.7 Å². The van der Waals surface area contributed by atoms with Gasteiger partial charge in [-0.1, -0.05) is 19.4 Å². The molecular weight excluding hydrogens is 295 g/mol. The summed E-state index contributed by atoms with van der Waals surface area (Å²) in [5, 5.41) is 3.53. The highest BCUT2D eigenvalue weighted by Crippen LogP contribution is 2.31. The summed E-state index contributed by atoms with van der Waals surface area (Å²) in [6, 6.07) is 5.94. The zero-order valence-corrected chi connectivity index (χ0v) is 12.5. The van der Waals surface area contributed by atoms with Gasteiger partial charge in [0, 0.05) is 29.6 Å². The Morgan fingerprint density at radius 3 is 2.94 bits per heavy atom. The van der Waals surface area contributed by atoms with Crippen molar-refractivity contribution in [1.82, 2.24) is 5.32 Å². The molecule has 0 amide bonds. The largest absolute Gasteiger partial charge is 0.363 e. The van der Waals surface area contributed by atoms with Gasteiger partial charge in [-0.05, 0) is 41.4 Å². The molecule has 1 aromatic rings. The Morgan fingerprint density at radius 2 is 2.28 bits per heavy atom. The van der Waals surface area contributed by atoms with E-state index in [4.69, 9.17) is 0 Å². The van der Waals surface area contributed by atoms with E-state index in [-0.39, 0.29) is 5.82 Å². The first-order chi connectivity index (χ1) is 8.63. The molecule has 2 rings (SSSR count). The summed E-state index contributed by atoms with van der Waals surface area (Å²) in [5.41, 5.74) is 0.701. The van der Waals surface area contributed by atoms with Crippen LogP contribution >= 0.6 is 15.9 Å². The fourth-order valence-corrected chi connectivity index (χ4v) is 3.12. The summed E-state index contributed by atoms with van der Waals surface area (Å²) in [4.78, 5) is 2.18. The van der Waals surface area contributed by atoms with Crippen molar-refractivity contribution in [2.45, 2.75) is 38.8 Å². The molecule has 1 heterocycles. The minimum absolute atomic E-state index is 0.145. The molecule has 18 heavy (non-hydrogen) atoms. The fourth-order valence-electron chi connectivity index (χ4n) is 2.55. The minimum atomic E-state index is -0.145. The monoisotopic (exact) mass is 314 g/mol. The van der Waals surface area contributed by atoms with Crippen LogP contribution in [-0.4, -0.2) is 25.2 Å². The second kappa shape index (κ2) is 6.02. The number of nitrogens with zero attached hydrogens (tertiary/aromatic N) is 1. The number of anilines is 1. The van der Waals surface area contributed by atoms with Gasteiger partial charge in [0.25, 0.3) is 0 Å². The Labute approximate surface area is 117 Å². The van der Waals surface area contributed by atoms with Gasteiger partial charge in [0.05, 0.1) is 5.69 Å². The number of halogens is 2. The molecule has 2 unspecified atom stereocenters. The smallest absolute Gasteiger partial charge is 0.147 e. The summed E-state index contributed by atoms with van der Waals surface area (Å²) < 4.78 is 14.9. The van der Waals surface area contributed by atoms with Crippen molar-refractivity contribution in [3.8, 4) is 0 Å². The molecule has 1 aliphatic heterocycles. The minimum Gasteiger partial charge on any atom is -0.363 e. The van der Waals surface area contributed by atoms with Crippen molar-refractivity contribution in [3.63, 3.8) is 0 Å². The Kier molecular flexibility index (Phi) is 4.62. The highest BCUT2D eigenvalue weighted by atomic mass is 79.9. The van der Waals surface area contributed by atoms with Crippen molar-refractivity contribution in [2.24, 2.45) is 0 Å². The lowest BCUT2D eigenvalue weighted by Crippen LogP contribution is -2.55. The second-order valence-electron chi connectivity index (χ2n) is 4.97. The average Bonchev–Trinajstić information content (AvgIpc) is 2.33. The van der Waals surface area contributed by atoms with Crippen LogP contribution in [0.25, 0.3) is 0 Å². The third-order valence-electron chi connectivity index (χ3n) is 3.51. The second-order valence-corrected chi connectivity index (χ2v) is 5.82. The highest BCUT2D eigenvalue weighted by molar-refractivity contribution is 9.10. The van der Waals surface area contributed by atoms with Gasteiger partial charge in [0.1, 0.15) is 5.82 Å². The van der Waals surface area contributed by atoms with Crippen LogP contribution in [0.5, 0.6) is 0 Å². The van der Waals surface area contributed by atoms with E-state index in [1.165, 1.54) is 6.07 Å². The van der Waals surface area contributed by atoms with Crippen LogP contribution in [0.1, 0.15) is 26.7 Å². The Hall–Kier alpha value is -0.610. The number of hydrogen-bond donors (Lipinski definition) is 1. The molecule has 0 radical (unpaired) electrons. The first kappa shape index (κ1) is 13.8. The van der Waals surface area contributed by atoms with E-state index in [0.717, 1.165) is 30.4 Å². The standard InChI is InChI=1S/C14H20BrFN2/c1-3-5-11-9-18(10(2)8-17-11)14-12(15)6-4-7-13(14)16/h4,6-7,10-11,17H,3,5,8-9H2,1-2H3. The van der Waals surface area contributed by atoms with Gasteiger partial charge in [-0.2, -0.15) is 0 Å². The molecular formula is C14H20BrFN2. The van der Waals surface area contributed by atoms with E-state index in [1.807, 2.05) is 6.07 Å². The number of para-hydroxylation sites is 1. The number of hydrogen-bond acceptors (Lipinski definition) is 2. The lowest BCUT2D eigenvalue weighted by Gasteiger charge is -2.41. The predicted octanol–water partition coefficient (Wildman–Crippen LogP) is 3.56. The van der Waals surface area contributed by atoms with E-state index in [0.29, 0.717) is 17.8 Å². The van der Waals surface area contributed by atoms with E-state index >= 15 is 0 Å². The van der Waals surface area contributed by atoms with Crippen LogP contribution < -0.4 is 10.2 Å². The maximum atomic E-state index is 14.0. The van der Waals surface area contributed by atoms with Gasteiger partial charge in [0.2, 0.25) is 0 Å². The van der Waals surface area contributed by atoms with Gasteiger partial charge in [-0.15, -0.1) is 0 Å². The van der Waals surface area contributed by atoms with Gasteiger partial charge in [-0.3, -0.25) is 0 Å². The molecule has 0 saturated carbocycles. The van der Waals surface area contributed by atoms with E-state index < -0.39 is 0 Å². The predicted molar refractivity (Wildman–Crippen MR) is 77.6 cm³/mol. The maximum Gasteiger partial charge on any atom is 0.147 e. The number of rotatable bonds is 3. The lowest BCUT2D eigenvalue weighted by atomic mass is 10.0. The summed E-state index contributed by atoms with van der Waals surface area (Å²) >= 11 is 3.47. The first-order valence-electron chi connectivity index (χ1n) is 6.57. The normalized spacial score (nSPS) is 24.3. The van der Waals surface area contributed by atoms with Crippen LogP contribution in [0.4, 0.5) is 10.1 Å². The van der Waals surface area contributed by atoms with Crippen molar-refractivity contribution in [3.05, 3.63) is 28.5 Å². The van der Waals surface area contributed by atoms with E-state index in [1.54, 1.807) is 6.07 Å². The molecule has 100 valence electrons. The fraction of sp³-hybridized carbons (Fsp3) is 0.571. The number of nitrogens with one attached hydrogen (secondary N) is 1. The molecule has 1 saturated heterocycles. The molecule has 0 bridgehead atoms. The SMILES string of the molecule is CCCC1CN(c2c(F)cccc2Br)C(C)CN1. The summed E-state index contributed by atoms with van der Waals surface area (Å²) in [6.45, 7) is 6.09. The van der Waals surface area contributed by atoms with Crippen LogP contribution in [0.3, 0.4) is 0 Å². The Balaban J connectivity index is 2.24.